The third-order valence-electron chi connectivity index (χ3n) is 3.24. The van der Waals surface area contributed by atoms with Gasteiger partial charge in [-0.15, -0.1) is 4.83 Å². The van der Waals surface area contributed by atoms with Gasteiger partial charge < -0.3 is 0 Å². The highest BCUT2D eigenvalue weighted by atomic mass is 32.2. The number of fused-ring (bicyclic) bond motifs is 1. The summed E-state index contributed by atoms with van der Waals surface area (Å²) in [7, 11) is -3.62. The van der Waals surface area contributed by atoms with Gasteiger partial charge in [-0.2, -0.15) is 0 Å². The van der Waals surface area contributed by atoms with Gasteiger partial charge in [0.25, 0.3) is 10.0 Å². The topological polar surface area (TPSA) is 84.0 Å². The summed E-state index contributed by atoms with van der Waals surface area (Å²) in [5.74, 6) is 0.206. The molecule has 0 fully saturated rings. The van der Waals surface area contributed by atoms with Crippen LogP contribution in [0.3, 0.4) is 0 Å². The molecule has 2 aromatic rings. The Labute approximate surface area is 117 Å². The summed E-state index contributed by atoms with van der Waals surface area (Å²) in [6.07, 6.45) is 6.10. The Morgan fingerprint density at radius 3 is 2.60 bits per heavy atom. The molecule has 1 aromatic carbocycles. The highest BCUT2D eigenvalue weighted by molar-refractivity contribution is 7.89. The molecular weight excluding hydrogens is 276 g/mol. The average Bonchev–Trinajstić information content (AvgIpc) is 2.94. The zero-order valence-corrected chi connectivity index (χ0v) is 11.5. The lowest BCUT2D eigenvalue weighted by Crippen LogP contribution is -2.30. The number of nitrogens with zero attached hydrogens (tertiary/aromatic N) is 2. The molecule has 6 nitrogen and oxygen atoms in total. The number of aryl methyl sites for hydroxylation is 2. The quantitative estimate of drug-likeness (QED) is 0.828. The molecule has 0 spiro atoms. The molecule has 0 unspecified atom stereocenters. The molecule has 1 heterocycles. The summed E-state index contributed by atoms with van der Waals surface area (Å²) < 4.78 is 24.4. The largest absolute Gasteiger partial charge is 0.276 e. The van der Waals surface area contributed by atoms with Crippen molar-refractivity contribution in [3.05, 3.63) is 47.8 Å². The molecular formula is C13H14N4O2S. The molecule has 3 rings (SSSR count). The van der Waals surface area contributed by atoms with Crippen LogP contribution in [-0.2, 0) is 22.9 Å². The number of nitrogens with one attached hydrogen (secondary N) is 2. The lowest BCUT2D eigenvalue weighted by atomic mass is 10.1. The Balaban J connectivity index is 1.78. The van der Waals surface area contributed by atoms with Crippen LogP contribution >= 0.6 is 0 Å². The van der Waals surface area contributed by atoms with E-state index in [9.17, 15) is 8.42 Å². The van der Waals surface area contributed by atoms with Crippen molar-refractivity contribution < 1.29 is 8.42 Å². The fourth-order valence-corrected chi connectivity index (χ4v) is 3.14. The monoisotopic (exact) mass is 290 g/mol. The molecule has 1 aliphatic carbocycles. The van der Waals surface area contributed by atoms with Crippen molar-refractivity contribution in [1.29, 1.82) is 0 Å². The first kappa shape index (κ1) is 13.0. The Kier molecular flexibility index (Phi) is 3.37. The van der Waals surface area contributed by atoms with Crippen molar-refractivity contribution in [2.75, 3.05) is 5.43 Å². The minimum absolute atomic E-state index is 0.206. The number of hydrogen-bond donors (Lipinski definition) is 2. The third kappa shape index (κ3) is 2.63. The van der Waals surface area contributed by atoms with Gasteiger partial charge in [-0.1, -0.05) is 6.07 Å². The van der Waals surface area contributed by atoms with Gasteiger partial charge in [-0.25, -0.2) is 18.4 Å². The van der Waals surface area contributed by atoms with Crippen molar-refractivity contribution in [1.82, 2.24) is 14.8 Å². The highest BCUT2D eigenvalue weighted by Gasteiger charge is 2.18. The fourth-order valence-electron chi connectivity index (χ4n) is 2.25. The first-order valence-electron chi connectivity index (χ1n) is 6.32. The van der Waals surface area contributed by atoms with Crippen molar-refractivity contribution >= 4 is 16.0 Å². The van der Waals surface area contributed by atoms with Crippen molar-refractivity contribution in [3.63, 3.8) is 0 Å². The zero-order valence-electron chi connectivity index (χ0n) is 10.7. The second-order valence-electron chi connectivity index (χ2n) is 4.59. The molecule has 0 saturated heterocycles. The Morgan fingerprint density at radius 1 is 1.05 bits per heavy atom. The smallest absolute Gasteiger partial charge is 0.257 e. The number of benzene rings is 1. The maximum absolute atomic E-state index is 12.2. The fraction of sp³-hybridized carbons (Fsp3) is 0.231. The van der Waals surface area contributed by atoms with Crippen LogP contribution in [0.25, 0.3) is 0 Å². The number of aromatic nitrogens is 2. The molecule has 0 atom stereocenters. The van der Waals surface area contributed by atoms with E-state index in [1.54, 1.807) is 18.2 Å². The molecule has 7 heteroatoms. The van der Waals surface area contributed by atoms with Crippen LogP contribution in [0.1, 0.15) is 17.5 Å². The maximum atomic E-state index is 12.2. The molecule has 20 heavy (non-hydrogen) atoms. The molecule has 0 amide bonds. The summed E-state index contributed by atoms with van der Waals surface area (Å²) in [6, 6.07) is 6.90. The zero-order chi connectivity index (χ0) is 14.0. The molecule has 2 N–H and O–H groups in total. The van der Waals surface area contributed by atoms with Gasteiger partial charge >= 0.3 is 0 Å². The summed E-state index contributed by atoms with van der Waals surface area (Å²) in [6.45, 7) is 0. The molecule has 1 aromatic heterocycles. The summed E-state index contributed by atoms with van der Waals surface area (Å²) in [5.41, 5.74) is 4.84. The van der Waals surface area contributed by atoms with Gasteiger partial charge in [-0.05, 0) is 48.6 Å². The van der Waals surface area contributed by atoms with E-state index in [0.717, 1.165) is 24.8 Å². The van der Waals surface area contributed by atoms with Crippen LogP contribution in [0.2, 0.25) is 0 Å². The number of hydrazine groups is 1. The van der Waals surface area contributed by atoms with Gasteiger partial charge in [0.1, 0.15) is 0 Å². The van der Waals surface area contributed by atoms with E-state index in [-0.39, 0.29) is 10.8 Å². The predicted octanol–water partition coefficient (Wildman–Crippen LogP) is 1.27. The Morgan fingerprint density at radius 2 is 1.80 bits per heavy atom. The van der Waals surface area contributed by atoms with E-state index in [0.29, 0.717) is 0 Å². The number of hydrogen-bond acceptors (Lipinski definition) is 5. The van der Waals surface area contributed by atoms with Crippen LogP contribution in [0.4, 0.5) is 5.95 Å². The molecule has 1 aliphatic rings. The summed E-state index contributed by atoms with van der Waals surface area (Å²) >= 11 is 0. The number of anilines is 1. The van der Waals surface area contributed by atoms with Crippen molar-refractivity contribution in [2.24, 2.45) is 0 Å². The Hall–Kier alpha value is -1.99. The standard InChI is InChI=1S/C13H14N4O2S/c18-20(19,17-16-13-14-7-2-8-15-13)12-6-5-10-3-1-4-11(10)9-12/h2,5-9,17H,1,3-4H2,(H,14,15,16). The van der Waals surface area contributed by atoms with E-state index < -0.39 is 10.0 Å². The van der Waals surface area contributed by atoms with Crippen LogP contribution in [0.5, 0.6) is 0 Å². The SMILES string of the molecule is O=S(=O)(NNc1ncccn1)c1ccc2c(c1)CCC2. The normalized spacial score (nSPS) is 14.0. The number of sulfonamides is 1. The lowest BCUT2D eigenvalue weighted by molar-refractivity contribution is 0.587. The van der Waals surface area contributed by atoms with Gasteiger partial charge in [0.2, 0.25) is 5.95 Å². The third-order valence-corrected chi connectivity index (χ3v) is 4.49. The van der Waals surface area contributed by atoms with Gasteiger partial charge in [0.05, 0.1) is 4.90 Å². The molecule has 104 valence electrons. The summed E-state index contributed by atoms with van der Waals surface area (Å²) in [5, 5.41) is 0. The first-order chi connectivity index (χ1) is 9.65. The predicted molar refractivity (Wildman–Crippen MR) is 74.4 cm³/mol. The average molecular weight is 290 g/mol. The Bertz CT molecular complexity index is 716. The van der Waals surface area contributed by atoms with Crippen LogP contribution in [-0.4, -0.2) is 18.4 Å². The highest BCUT2D eigenvalue weighted by Crippen LogP contribution is 2.24. The van der Waals surface area contributed by atoms with Crippen molar-refractivity contribution in [2.45, 2.75) is 24.2 Å². The summed E-state index contributed by atoms with van der Waals surface area (Å²) in [4.78, 5) is 10.3. The number of rotatable bonds is 4. The van der Waals surface area contributed by atoms with Crippen LogP contribution in [0, 0.1) is 0 Å². The minimum atomic E-state index is -3.62. The van der Waals surface area contributed by atoms with Gasteiger partial charge in [0, 0.05) is 12.4 Å². The van der Waals surface area contributed by atoms with Gasteiger partial charge in [-0.3, -0.25) is 5.43 Å². The van der Waals surface area contributed by atoms with E-state index in [2.05, 4.69) is 20.2 Å². The van der Waals surface area contributed by atoms with Crippen LogP contribution < -0.4 is 10.3 Å². The molecule has 0 radical (unpaired) electrons. The van der Waals surface area contributed by atoms with E-state index >= 15 is 0 Å². The van der Waals surface area contributed by atoms with Crippen molar-refractivity contribution in [3.8, 4) is 0 Å². The first-order valence-corrected chi connectivity index (χ1v) is 7.80. The second kappa shape index (κ2) is 5.18. The molecule has 0 bridgehead atoms. The van der Waals surface area contributed by atoms with E-state index in [4.69, 9.17) is 0 Å². The second-order valence-corrected chi connectivity index (χ2v) is 6.27. The lowest BCUT2D eigenvalue weighted by Gasteiger charge is -2.09. The van der Waals surface area contributed by atoms with E-state index in [1.165, 1.54) is 18.0 Å². The van der Waals surface area contributed by atoms with E-state index in [1.807, 2.05) is 6.07 Å². The molecule has 0 aliphatic heterocycles. The van der Waals surface area contributed by atoms with Crippen LogP contribution in [0.15, 0.2) is 41.6 Å². The molecule has 0 saturated carbocycles. The minimum Gasteiger partial charge on any atom is -0.276 e. The maximum Gasteiger partial charge on any atom is 0.257 e. The van der Waals surface area contributed by atoms with Gasteiger partial charge in [0.15, 0.2) is 0 Å².